The van der Waals surface area contributed by atoms with E-state index in [0.29, 0.717) is 21.5 Å². The van der Waals surface area contributed by atoms with E-state index in [-0.39, 0.29) is 6.04 Å². The van der Waals surface area contributed by atoms with Gasteiger partial charge in [-0.15, -0.1) is 0 Å². The Balaban J connectivity index is 2.33. The summed E-state index contributed by atoms with van der Waals surface area (Å²) in [4.78, 5) is 0. The van der Waals surface area contributed by atoms with Crippen LogP contribution in [0.2, 0.25) is 15.1 Å². The van der Waals surface area contributed by atoms with Crippen LogP contribution in [0, 0.1) is 6.92 Å². The SMILES string of the molecule is CCn1nc(C)c(Cl)c1CC(NN)c1ccc(Cl)c(Cl)c1. The van der Waals surface area contributed by atoms with Crippen molar-refractivity contribution < 1.29 is 0 Å². The van der Waals surface area contributed by atoms with Crippen LogP contribution in [0.15, 0.2) is 18.2 Å². The molecule has 0 aliphatic carbocycles. The largest absolute Gasteiger partial charge is 0.271 e. The molecule has 0 aliphatic rings. The standard InChI is InChI=1S/C14H17Cl3N4/c1-3-21-13(14(17)8(2)20-21)7-12(19-18)9-4-5-10(15)11(16)6-9/h4-6,12,19H,3,7,18H2,1-2H3. The second-order valence-electron chi connectivity index (χ2n) is 4.76. The Morgan fingerprint density at radius 2 is 2.00 bits per heavy atom. The molecule has 3 N–H and O–H groups in total. The van der Waals surface area contributed by atoms with E-state index in [1.165, 1.54) is 0 Å². The average Bonchev–Trinajstić information content (AvgIpc) is 2.75. The van der Waals surface area contributed by atoms with Gasteiger partial charge in [-0.05, 0) is 31.5 Å². The number of benzene rings is 1. The summed E-state index contributed by atoms with van der Waals surface area (Å²) in [7, 11) is 0. The van der Waals surface area contributed by atoms with Crippen molar-refractivity contribution >= 4 is 34.8 Å². The van der Waals surface area contributed by atoms with Gasteiger partial charge in [0.05, 0.1) is 32.5 Å². The van der Waals surface area contributed by atoms with Crippen molar-refractivity contribution in [2.75, 3.05) is 0 Å². The van der Waals surface area contributed by atoms with E-state index in [9.17, 15) is 0 Å². The lowest BCUT2D eigenvalue weighted by Gasteiger charge is -2.18. The highest BCUT2D eigenvalue weighted by Crippen LogP contribution is 2.29. The summed E-state index contributed by atoms with van der Waals surface area (Å²) in [5.74, 6) is 5.69. The van der Waals surface area contributed by atoms with Gasteiger partial charge in [-0.3, -0.25) is 16.0 Å². The highest BCUT2D eigenvalue weighted by molar-refractivity contribution is 6.42. The van der Waals surface area contributed by atoms with Crippen LogP contribution in [0.4, 0.5) is 0 Å². The molecule has 0 fully saturated rings. The van der Waals surface area contributed by atoms with Crippen LogP contribution in [0.5, 0.6) is 0 Å². The molecule has 0 bridgehead atoms. The van der Waals surface area contributed by atoms with Crippen LogP contribution in [-0.4, -0.2) is 9.78 Å². The first-order chi connectivity index (χ1) is 9.97. The first-order valence-corrected chi connectivity index (χ1v) is 7.74. The zero-order valence-electron chi connectivity index (χ0n) is 11.8. The van der Waals surface area contributed by atoms with Crippen LogP contribution in [0.25, 0.3) is 0 Å². The number of halogens is 3. The van der Waals surface area contributed by atoms with Crippen LogP contribution in [0.3, 0.4) is 0 Å². The minimum Gasteiger partial charge on any atom is -0.271 e. The summed E-state index contributed by atoms with van der Waals surface area (Å²) < 4.78 is 1.89. The van der Waals surface area contributed by atoms with Crippen molar-refractivity contribution in [3.8, 4) is 0 Å². The highest BCUT2D eigenvalue weighted by atomic mass is 35.5. The number of aryl methyl sites for hydroxylation is 2. The van der Waals surface area contributed by atoms with Gasteiger partial charge < -0.3 is 0 Å². The molecule has 1 atom stereocenters. The number of nitrogens with two attached hydrogens (primary N) is 1. The minimum atomic E-state index is -0.126. The summed E-state index contributed by atoms with van der Waals surface area (Å²) in [6.07, 6.45) is 0.613. The summed E-state index contributed by atoms with van der Waals surface area (Å²) in [5.41, 5.74) is 5.52. The van der Waals surface area contributed by atoms with Gasteiger partial charge in [0.15, 0.2) is 0 Å². The van der Waals surface area contributed by atoms with E-state index in [1.54, 1.807) is 6.07 Å². The predicted octanol–water partition coefficient (Wildman–Crippen LogP) is 3.92. The Morgan fingerprint density at radius 3 is 2.57 bits per heavy atom. The Labute approximate surface area is 139 Å². The first kappa shape index (κ1) is 16.6. The molecule has 4 nitrogen and oxygen atoms in total. The molecule has 2 aromatic rings. The maximum absolute atomic E-state index is 6.34. The molecule has 21 heavy (non-hydrogen) atoms. The molecule has 0 aliphatic heterocycles. The molecule has 1 aromatic carbocycles. The number of nitrogens with one attached hydrogen (secondary N) is 1. The van der Waals surface area contributed by atoms with E-state index < -0.39 is 0 Å². The number of hydrazine groups is 1. The Morgan fingerprint density at radius 1 is 1.29 bits per heavy atom. The lowest BCUT2D eigenvalue weighted by molar-refractivity contribution is 0.517. The zero-order valence-corrected chi connectivity index (χ0v) is 14.1. The van der Waals surface area contributed by atoms with Crippen molar-refractivity contribution in [2.24, 2.45) is 5.84 Å². The van der Waals surface area contributed by atoms with E-state index in [4.69, 9.17) is 40.6 Å². The topological polar surface area (TPSA) is 55.9 Å². The fourth-order valence-corrected chi connectivity index (χ4v) is 2.78. The molecule has 0 saturated heterocycles. The van der Waals surface area contributed by atoms with Gasteiger partial charge in [0.2, 0.25) is 0 Å². The fourth-order valence-electron chi connectivity index (χ4n) is 2.26. The monoisotopic (exact) mass is 346 g/mol. The summed E-state index contributed by atoms with van der Waals surface area (Å²) >= 11 is 18.4. The van der Waals surface area contributed by atoms with Crippen molar-refractivity contribution in [1.82, 2.24) is 15.2 Å². The fraction of sp³-hybridized carbons (Fsp3) is 0.357. The normalized spacial score (nSPS) is 12.7. The zero-order chi connectivity index (χ0) is 15.6. The van der Waals surface area contributed by atoms with Gasteiger partial charge >= 0.3 is 0 Å². The van der Waals surface area contributed by atoms with Crippen molar-refractivity contribution in [1.29, 1.82) is 0 Å². The minimum absolute atomic E-state index is 0.126. The van der Waals surface area contributed by atoms with Crippen LogP contribution >= 0.6 is 34.8 Å². The lowest BCUT2D eigenvalue weighted by Crippen LogP contribution is -2.30. The second-order valence-corrected chi connectivity index (χ2v) is 5.95. The molecule has 1 aromatic heterocycles. The van der Waals surface area contributed by atoms with E-state index in [0.717, 1.165) is 23.5 Å². The van der Waals surface area contributed by atoms with Crippen LogP contribution in [0.1, 0.15) is 29.9 Å². The highest BCUT2D eigenvalue weighted by Gasteiger charge is 2.19. The second kappa shape index (κ2) is 6.99. The van der Waals surface area contributed by atoms with Gasteiger partial charge in [0.1, 0.15) is 0 Å². The summed E-state index contributed by atoms with van der Waals surface area (Å²) in [5, 5.41) is 6.11. The van der Waals surface area contributed by atoms with E-state index in [2.05, 4.69) is 10.5 Å². The number of aromatic nitrogens is 2. The van der Waals surface area contributed by atoms with Crippen LogP contribution in [-0.2, 0) is 13.0 Å². The Bertz CT molecular complexity index is 639. The maximum Gasteiger partial charge on any atom is 0.0847 e. The summed E-state index contributed by atoms with van der Waals surface area (Å²) in [6, 6.07) is 5.33. The number of rotatable bonds is 5. The molecule has 1 heterocycles. The third-order valence-corrected chi connectivity index (χ3v) is 4.63. The average molecular weight is 348 g/mol. The van der Waals surface area contributed by atoms with Crippen LogP contribution < -0.4 is 11.3 Å². The molecular formula is C14H17Cl3N4. The predicted molar refractivity (Wildman–Crippen MR) is 87.9 cm³/mol. The summed E-state index contributed by atoms with van der Waals surface area (Å²) in [6.45, 7) is 4.67. The first-order valence-electron chi connectivity index (χ1n) is 6.60. The quantitative estimate of drug-likeness (QED) is 0.636. The van der Waals surface area contributed by atoms with Gasteiger partial charge in [0.25, 0.3) is 0 Å². The van der Waals surface area contributed by atoms with Gasteiger partial charge in [0, 0.05) is 13.0 Å². The van der Waals surface area contributed by atoms with Gasteiger partial charge in [-0.1, -0.05) is 40.9 Å². The third-order valence-electron chi connectivity index (χ3n) is 3.40. The van der Waals surface area contributed by atoms with Gasteiger partial charge in [-0.25, -0.2) is 0 Å². The molecule has 0 saturated carbocycles. The van der Waals surface area contributed by atoms with E-state index >= 15 is 0 Å². The molecule has 0 radical (unpaired) electrons. The molecule has 0 spiro atoms. The smallest absolute Gasteiger partial charge is 0.0847 e. The van der Waals surface area contributed by atoms with Crippen molar-refractivity contribution in [2.45, 2.75) is 32.9 Å². The maximum atomic E-state index is 6.34. The number of nitrogens with zero attached hydrogens (tertiary/aromatic N) is 2. The van der Waals surface area contributed by atoms with E-state index in [1.807, 2.05) is 30.7 Å². The third kappa shape index (κ3) is 3.52. The number of hydrogen-bond donors (Lipinski definition) is 2. The van der Waals surface area contributed by atoms with Gasteiger partial charge in [-0.2, -0.15) is 5.10 Å². The Kier molecular flexibility index (Phi) is 5.52. The lowest BCUT2D eigenvalue weighted by atomic mass is 10.0. The van der Waals surface area contributed by atoms with Crippen molar-refractivity contribution in [3.05, 3.63) is 50.2 Å². The number of hydrogen-bond acceptors (Lipinski definition) is 3. The molecule has 0 amide bonds. The molecule has 1 unspecified atom stereocenters. The molecular weight excluding hydrogens is 331 g/mol. The van der Waals surface area contributed by atoms with Crippen molar-refractivity contribution in [3.63, 3.8) is 0 Å². The molecule has 114 valence electrons. The Hall–Kier alpha value is -0.780. The molecule has 7 heteroatoms. The molecule has 2 rings (SSSR count).